The van der Waals surface area contributed by atoms with Crippen LogP contribution in [0.1, 0.15) is 15.9 Å². The summed E-state index contributed by atoms with van der Waals surface area (Å²) < 4.78 is 0. The number of nitrogens with zero attached hydrogens (tertiary/aromatic N) is 1. The lowest BCUT2D eigenvalue weighted by Gasteiger charge is -2.20. The molecule has 0 fully saturated rings. The highest BCUT2D eigenvalue weighted by atomic mass is 16.1. The highest BCUT2D eigenvalue weighted by Crippen LogP contribution is 2.39. The summed E-state index contributed by atoms with van der Waals surface area (Å²) in [6.45, 7) is 0. The molecule has 1 aliphatic carbocycles. The highest BCUT2D eigenvalue weighted by Gasteiger charge is 2.25. The Kier molecular flexibility index (Phi) is 2.68. The van der Waals surface area contributed by atoms with E-state index in [2.05, 4.69) is 6.07 Å². The molecular formula is C22H13NO. The molecule has 24 heavy (non-hydrogen) atoms. The third-order valence-electron chi connectivity index (χ3n) is 4.61. The summed E-state index contributed by atoms with van der Waals surface area (Å²) >= 11 is 0. The fraction of sp³-hybridized carbons (Fsp3) is 0. The molecule has 1 aliphatic rings. The Labute approximate surface area is 139 Å². The average molecular weight is 307 g/mol. The Balaban J connectivity index is 1.89. The SMILES string of the molecule is O=C1c2ccccc2-c2cccc3nc(-c4ccccc4)cc1c23. The second kappa shape index (κ2) is 4.87. The third-order valence-corrected chi connectivity index (χ3v) is 4.61. The van der Waals surface area contributed by atoms with Crippen molar-refractivity contribution in [1.29, 1.82) is 0 Å². The van der Waals surface area contributed by atoms with Gasteiger partial charge in [-0.05, 0) is 23.3 Å². The fourth-order valence-electron chi connectivity index (χ4n) is 3.51. The maximum Gasteiger partial charge on any atom is 0.194 e. The number of hydrogen-bond acceptors (Lipinski definition) is 2. The van der Waals surface area contributed by atoms with Crippen molar-refractivity contribution in [2.45, 2.75) is 0 Å². The first-order chi connectivity index (χ1) is 11.8. The lowest BCUT2D eigenvalue weighted by Crippen LogP contribution is -2.10. The third kappa shape index (κ3) is 1.77. The molecule has 0 bridgehead atoms. The molecular weight excluding hydrogens is 294 g/mol. The van der Waals surface area contributed by atoms with Gasteiger partial charge in [0, 0.05) is 22.1 Å². The monoisotopic (exact) mass is 307 g/mol. The van der Waals surface area contributed by atoms with Crippen LogP contribution in [0.5, 0.6) is 0 Å². The molecule has 112 valence electrons. The van der Waals surface area contributed by atoms with Crippen molar-refractivity contribution in [2.75, 3.05) is 0 Å². The number of aromatic nitrogens is 1. The van der Waals surface area contributed by atoms with Crippen molar-refractivity contribution in [3.63, 3.8) is 0 Å². The van der Waals surface area contributed by atoms with E-state index in [4.69, 9.17) is 4.98 Å². The summed E-state index contributed by atoms with van der Waals surface area (Å²) in [4.78, 5) is 17.9. The van der Waals surface area contributed by atoms with E-state index in [9.17, 15) is 4.79 Å². The minimum absolute atomic E-state index is 0.0777. The van der Waals surface area contributed by atoms with Crippen LogP contribution in [0.3, 0.4) is 0 Å². The number of pyridine rings is 1. The van der Waals surface area contributed by atoms with Gasteiger partial charge >= 0.3 is 0 Å². The van der Waals surface area contributed by atoms with E-state index in [-0.39, 0.29) is 5.78 Å². The molecule has 0 amide bonds. The standard InChI is InChI=1S/C22H13NO/c24-22-17-10-5-4-9-15(17)16-11-6-12-19-21(16)18(22)13-20(23-19)14-7-2-1-3-8-14/h1-13H. The average Bonchev–Trinajstić information content (AvgIpc) is 2.66. The summed E-state index contributed by atoms with van der Waals surface area (Å²) in [5.41, 5.74) is 6.32. The molecule has 5 rings (SSSR count). The second-order valence-electron chi connectivity index (χ2n) is 6.00. The van der Waals surface area contributed by atoms with Crippen molar-refractivity contribution in [3.8, 4) is 22.4 Å². The summed E-state index contributed by atoms with van der Waals surface area (Å²) in [6.07, 6.45) is 0. The van der Waals surface area contributed by atoms with E-state index in [1.54, 1.807) is 0 Å². The van der Waals surface area contributed by atoms with E-state index in [0.717, 1.165) is 44.4 Å². The number of carbonyl (C=O) groups is 1. The van der Waals surface area contributed by atoms with Gasteiger partial charge in [0.15, 0.2) is 5.78 Å². The highest BCUT2D eigenvalue weighted by molar-refractivity contribution is 6.25. The van der Waals surface area contributed by atoms with Crippen LogP contribution < -0.4 is 0 Å². The molecule has 3 aromatic carbocycles. The molecule has 0 radical (unpaired) electrons. The Morgan fingerprint density at radius 1 is 0.625 bits per heavy atom. The van der Waals surface area contributed by atoms with E-state index in [0.29, 0.717) is 0 Å². The Morgan fingerprint density at radius 2 is 1.33 bits per heavy atom. The summed E-state index contributed by atoms with van der Waals surface area (Å²) in [6, 6.07) is 25.8. The molecule has 0 saturated heterocycles. The summed E-state index contributed by atoms with van der Waals surface area (Å²) in [5, 5.41) is 0.959. The van der Waals surface area contributed by atoms with Gasteiger partial charge in [0.1, 0.15) is 0 Å². The predicted molar refractivity (Wildman–Crippen MR) is 96.0 cm³/mol. The van der Waals surface area contributed by atoms with Crippen molar-refractivity contribution < 1.29 is 4.79 Å². The topological polar surface area (TPSA) is 30.0 Å². The maximum absolute atomic E-state index is 13.1. The van der Waals surface area contributed by atoms with Gasteiger partial charge in [-0.3, -0.25) is 4.79 Å². The van der Waals surface area contributed by atoms with Crippen LogP contribution in [0, 0.1) is 0 Å². The van der Waals surface area contributed by atoms with Crippen molar-refractivity contribution in [3.05, 3.63) is 90.0 Å². The van der Waals surface area contributed by atoms with Gasteiger partial charge in [-0.1, -0.05) is 66.7 Å². The van der Waals surface area contributed by atoms with E-state index >= 15 is 0 Å². The van der Waals surface area contributed by atoms with E-state index in [1.165, 1.54) is 0 Å². The van der Waals surface area contributed by atoms with Gasteiger partial charge in [0.25, 0.3) is 0 Å². The quantitative estimate of drug-likeness (QED) is 0.430. The normalized spacial score (nSPS) is 12.2. The van der Waals surface area contributed by atoms with Crippen molar-refractivity contribution >= 4 is 16.7 Å². The Morgan fingerprint density at radius 3 is 2.17 bits per heavy atom. The van der Waals surface area contributed by atoms with E-state index < -0.39 is 0 Å². The van der Waals surface area contributed by atoms with Gasteiger partial charge in [-0.25, -0.2) is 4.98 Å². The molecule has 0 aliphatic heterocycles. The number of rotatable bonds is 1. The molecule has 2 heteroatoms. The molecule has 0 unspecified atom stereocenters. The molecule has 1 aromatic heterocycles. The summed E-state index contributed by atoms with van der Waals surface area (Å²) in [5.74, 6) is 0.0777. The van der Waals surface area contributed by atoms with E-state index in [1.807, 2.05) is 72.8 Å². The van der Waals surface area contributed by atoms with Crippen molar-refractivity contribution in [2.24, 2.45) is 0 Å². The first-order valence-electron chi connectivity index (χ1n) is 7.96. The van der Waals surface area contributed by atoms with Gasteiger partial charge < -0.3 is 0 Å². The minimum atomic E-state index is 0.0777. The Hall–Kier alpha value is -3.26. The molecule has 4 aromatic rings. The number of benzene rings is 3. The van der Waals surface area contributed by atoms with Gasteiger partial charge in [0.05, 0.1) is 11.2 Å². The number of carbonyl (C=O) groups excluding carboxylic acids is 1. The molecule has 0 spiro atoms. The molecule has 0 atom stereocenters. The summed E-state index contributed by atoms with van der Waals surface area (Å²) in [7, 11) is 0. The second-order valence-corrected chi connectivity index (χ2v) is 6.00. The number of ketones is 1. The molecule has 2 nitrogen and oxygen atoms in total. The molecule has 0 N–H and O–H groups in total. The van der Waals surface area contributed by atoms with Crippen LogP contribution in [0.25, 0.3) is 33.3 Å². The lowest BCUT2D eigenvalue weighted by atomic mass is 9.83. The maximum atomic E-state index is 13.1. The Bertz CT molecular complexity index is 1110. The molecule has 0 saturated carbocycles. The number of hydrogen-bond donors (Lipinski definition) is 0. The van der Waals surface area contributed by atoms with Gasteiger partial charge in [-0.15, -0.1) is 0 Å². The van der Waals surface area contributed by atoms with Crippen LogP contribution in [-0.2, 0) is 0 Å². The van der Waals surface area contributed by atoms with Crippen LogP contribution in [0.15, 0.2) is 78.9 Å². The zero-order valence-corrected chi connectivity index (χ0v) is 12.9. The zero-order chi connectivity index (χ0) is 16.1. The zero-order valence-electron chi connectivity index (χ0n) is 12.9. The van der Waals surface area contributed by atoms with Crippen LogP contribution in [-0.4, -0.2) is 10.8 Å². The fourth-order valence-corrected chi connectivity index (χ4v) is 3.51. The van der Waals surface area contributed by atoms with Gasteiger partial charge in [0.2, 0.25) is 0 Å². The minimum Gasteiger partial charge on any atom is -0.289 e. The molecule has 1 heterocycles. The van der Waals surface area contributed by atoms with Crippen LogP contribution in [0.4, 0.5) is 0 Å². The first-order valence-corrected chi connectivity index (χ1v) is 7.96. The van der Waals surface area contributed by atoms with Gasteiger partial charge in [-0.2, -0.15) is 0 Å². The lowest BCUT2D eigenvalue weighted by molar-refractivity contribution is 0.104. The van der Waals surface area contributed by atoms with Crippen molar-refractivity contribution in [1.82, 2.24) is 4.98 Å². The number of fused-ring (bicyclic) bond motifs is 2. The first kappa shape index (κ1) is 13.2. The smallest absolute Gasteiger partial charge is 0.194 e. The van der Waals surface area contributed by atoms with Crippen LogP contribution >= 0.6 is 0 Å². The van der Waals surface area contributed by atoms with Crippen LogP contribution in [0.2, 0.25) is 0 Å². The predicted octanol–water partition coefficient (Wildman–Crippen LogP) is 5.11. The largest absolute Gasteiger partial charge is 0.289 e.